The predicted molar refractivity (Wildman–Crippen MR) is 66.9 cm³/mol. The first-order chi connectivity index (χ1) is 7.56. The Kier molecular flexibility index (Phi) is 4.96. The molecule has 0 bridgehead atoms. The molecule has 1 atom stereocenters. The normalized spacial score (nSPS) is 12.6. The summed E-state index contributed by atoms with van der Waals surface area (Å²) in [6, 6.07) is 7.77. The van der Waals surface area contributed by atoms with E-state index in [1.165, 1.54) is 7.11 Å². The molecule has 88 valence electrons. The molecule has 0 aliphatic carbocycles. The summed E-state index contributed by atoms with van der Waals surface area (Å²) in [5.74, 6) is -0.0794. The third-order valence-corrected chi connectivity index (χ3v) is 2.91. The molecule has 1 N–H and O–H groups in total. The van der Waals surface area contributed by atoms with Crippen LogP contribution < -0.4 is 5.48 Å². The molecule has 4 heteroatoms. The third kappa shape index (κ3) is 3.32. The average Bonchev–Trinajstić information content (AvgIpc) is 2.21. The quantitative estimate of drug-likeness (QED) is 0.864. The van der Waals surface area contributed by atoms with Crippen molar-refractivity contribution < 1.29 is 9.63 Å². The summed E-state index contributed by atoms with van der Waals surface area (Å²) in [6.07, 6.45) is 0. The largest absolute Gasteiger partial charge is 0.277 e. The Hall–Kier alpha value is -0.870. The van der Waals surface area contributed by atoms with Gasteiger partial charge in [0.25, 0.3) is 5.91 Å². The molecule has 0 aliphatic heterocycles. The van der Waals surface area contributed by atoms with Crippen molar-refractivity contribution >= 4 is 21.8 Å². The number of rotatable bonds is 4. The van der Waals surface area contributed by atoms with E-state index in [2.05, 4.69) is 26.2 Å². The summed E-state index contributed by atoms with van der Waals surface area (Å²) in [4.78, 5) is 16.5. The van der Waals surface area contributed by atoms with Crippen LogP contribution in [0.25, 0.3) is 0 Å². The van der Waals surface area contributed by atoms with Crippen molar-refractivity contribution in [3.63, 3.8) is 0 Å². The van der Waals surface area contributed by atoms with Crippen LogP contribution in [0.5, 0.6) is 0 Å². The first kappa shape index (κ1) is 13.2. The maximum Gasteiger partial charge on any atom is 0.251 e. The van der Waals surface area contributed by atoms with E-state index in [9.17, 15) is 4.79 Å². The molecule has 0 saturated carbocycles. The molecular weight excluding hydrogens is 270 g/mol. The second kappa shape index (κ2) is 6.01. The molecule has 0 aliphatic rings. The fourth-order valence-electron chi connectivity index (χ4n) is 1.67. The topological polar surface area (TPSA) is 38.3 Å². The Morgan fingerprint density at radius 2 is 1.88 bits per heavy atom. The van der Waals surface area contributed by atoms with E-state index in [0.717, 1.165) is 10.0 Å². The highest BCUT2D eigenvalue weighted by atomic mass is 79.9. The Morgan fingerprint density at radius 3 is 2.31 bits per heavy atom. The number of benzene rings is 1. The standard InChI is InChI=1S/C12H16BrNO2/c1-8(2)11(12(15)14-16-3)9-4-6-10(13)7-5-9/h4-8,11H,1-3H3,(H,14,15). The maximum absolute atomic E-state index is 11.8. The van der Waals surface area contributed by atoms with Crippen molar-refractivity contribution in [2.45, 2.75) is 19.8 Å². The predicted octanol–water partition coefficient (Wildman–Crippen LogP) is 2.87. The summed E-state index contributed by atoms with van der Waals surface area (Å²) in [5.41, 5.74) is 3.38. The van der Waals surface area contributed by atoms with E-state index in [4.69, 9.17) is 0 Å². The highest BCUT2D eigenvalue weighted by Crippen LogP contribution is 2.25. The van der Waals surface area contributed by atoms with E-state index >= 15 is 0 Å². The number of carbonyl (C=O) groups is 1. The Labute approximate surface area is 104 Å². The molecule has 1 amide bonds. The first-order valence-electron chi connectivity index (χ1n) is 5.14. The monoisotopic (exact) mass is 285 g/mol. The van der Waals surface area contributed by atoms with Gasteiger partial charge in [0, 0.05) is 4.47 Å². The fraction of sp³-hybridized carbons (Fsp3) is 0.417. The second-order valence-corrected chi connectivity index (χ2v) is 4.86. The second-order valence-electron chi connectivity index (χ2n) is 3.94. The molecule has 1 rings (SSSR count). The van der Waals surface area contributed by atoms with E-state index in [1.54, 1.807) is 0 Å². The van der Waals surface area contributed by atoms with Crippen LogP contribution in [-0.4, -0.2) is 13.0 Å². The number of amides is 1. The van der Waals surface area contributed by atoms with Gasteiger partial charge in [0.2, 0.25) is 0 Å². The number of halogens is 1. The third-order valence-electron chi connectivity index (χ3n) is 2.38. The van der Waals surface area contributed by atoms with Crippen LogP contribution in [0.2, 0.25) is 0 Å². The lowest BCUT2D eigenvalue weighted by Crippen LogP contribution is -2.31. The molecule has 0 saturated heterocycles. The van der Waals surface area contributed by atoms with E-state index < -0.39 is 0 Å². The lowest BCUT2D eigenvalue weighted by Gasteiger charge is -2.19. The SMILES string of the molecule is CONC(=O)C(c1ccc(Br)cc1)C(C)C. The number of carbonyl (C=O) groups excluding carboxylic acids is 1. The summed E-state index contributed by atoms with van der Waals surface area (Å²) >= 11 is 3.37. The van der Waals surface area contributed by atoms with E-state index in [1.807, 2.05) is 38.1 Å². The molecule has 1 aromatic carbocycles. The molecule has 3 nitrogen and oxygen atoms in total. The van der Waals surface area contributed by atoms with Gasteiger partial charge in [-0.15, -0.1) is 0 Å². The van der Waals surface area contributed by atoms with Gasteiger partial charge in [0.1, 0.15) is 0 Å². The molecule has 0 aromatic heterocycles. The van der Waals surface area contributed by atoms with Crippen molar-refractivity contribution in [3.05, 3.63) is 34.3 Å². The van der Waals surface area contributed by atoms with Crippen molar-refractivity contribution in [2.24, 2.45) is 5.92 Å². The smallest absolute Gasteiger partial charge is 0.251 e. The zero-order valence-corrected chi connectivity index (χ0v) is 11.2. The van der Waals surface area contributed by atoms with Crippen molar-refractivity contribution in [2.75, 3.05) is 7.11 Å². The van der Waals surface area contributed by atoms with Crippen LogP contribution in [-0.2, 0) is 9.63 Å². The highest BCUT2D eigenvalue weighted by molar-refractivity contribution is 9.10. The van der Waals surface area contributed by atoms with Crippen LogP contribution in [0, 0.1) is 5.92 Å². The molecule has 0 spiro atoms. The average molecular weight is 286 g/mol. The lowest BCUT2D eigenvalue weighted by molar-refractivity contribution is -0.133. The zero-order valence-electron chi connectivity index (χ0n) is 9.66. The zero-order chi connectivity index (χ0) is 12.1. The molecule has 0 heterocycles. The van der Waals surface area contributed by atoms with Crippen molar-refractivity contribution in [3.8, 4) is 0 Å². The van der Waals surface area contributed by atoms with Crippen LogP contribution in [0.4, 0.5) is 0 Å². The van der Waals surface area contributed by atoms with Gasteiger partial charge in [-0.25, -0.2) is 5.48 Å². The summed E-state index contributed by atoms with van der Waals surface area (Å²) in [7, 11) is 1.44. The number of nitrogens with one attached hydrogen (secondary N) is 1. The molecule has 16 heavy (non-hydrogen) atoms. The van der Waals surface area contributed by atoms with Crippen LogP contribution in [0.3, 0.4) is 0 Å². The van der Waals surface area contributed by atoms with E-state index in [-0.39, 0.29) is 17.7 Å². The van der Waals surface area contributed by atoms with E-state index in [0.29, 0.717) is 0 Å². The minimum absolute atomic E-state index is 0.111. The van der Waals surface area contributed by atoms with Gasteiger partial charge in [-0.2, -0.15) is 0 Å². The lowest BCUT2D eigenvalue weighted by atomic mass is 9.88. The van der Waals surface area contributed by atoms with Gasteiger partial charge < -0.3 is 0 Å². The Balaban J connectivity index is 2.93. The summed E-state index contributed by atoms with van der Waals surface area (Å²) < 4.78 is 1.01. The highest BCUT2D eigenvalue weighted by Gasteiger charge is 2.23. The molecular formula is C12H16BrNO2. The van der Waals surface area contributed by atoms with Gasteiger partial charge in [0.15, 0.2) is 0 Å². The molecule has 0 radical (unpaired) electrons. The van der Waals surface area contributed by atoms with Crippen LogP contribution >= 0.6 is 15.9 Å². The summed E-state index contributed by atoms with van der Waals surface area (Å²) in [5, 5.41) is 0. The van der Waals surface area contributed by atoms with Gasteiger partial charge in [-0.3, -0.25) is 9.63 Å². The Morgan fingerprint density at radius 1 is 1.31 bits per heavy atom. The summed E-state index contributed by atoms with van der Waals surface area (Å²) in [6.45, 7) is 4.03. The fourth-order valence-corrected chi connectivity index (χ4v) is 1.94. The first-order valence-corrected chi connectivity index (χ1v) is 5.94. The molecule has 0 fully saturated rings. The number of hydrogen-bond acceptors (Lipinski definition) is 2. The maximum atomic E-state index is 11.8. The molecule has 1 unspecified atom stereocenters. The van der Waals surface area contributed by atoms with Gasteiger partial charge in [-0.05, 0) is 23.6 Å². The van der Waals surface area contributed by atoms with Crippen molar-refractivity contribution in [1.82, 2.24) is 5.48 Å². The van der Waals surface area contributed by atoms with Crippen LogP contribution in [0.15, 0.2) is 28.7 Å². The number of hydroxylamine groups is 1. The van der Waals surface area contributed by atoms with Crippen LogP contribution in [0.1, 0.15) is 25.3 Å². The van der Waals surface area contributed by atoms with Gasteiger partial charge in [0.05, 0.1) is 13.0 Å². The number of hydrogen-bond donors (Lipinski definition) is 1. The van der Waals surface area contributed by atoms with Gasteiger partial charge >= 0.3 is 0 Å². The minimum atomic E-state index is -0.187. The minimum Gasteiger partial charge on any atom is -0.277 e. The van der Waals surface area contributed by atoms with Gasteiger partial charge in [-0.1, -0.05) is 41.9 Å². The Bertz CT molecular complexity index is 349. The van der Waals surface area contributed by atoms with Crippen molar-refractivity contribution in [1.29, 1.82) is 0 Å². The molecule has 1 aromatic rings.